The van der Waals surface area contributed by atoms with E-state index in [4.69, 9.17) is 14.9 Å². The molecule has 0 amide bonds. The molecule has 0 radical (unpaired) electrons. The van der Waals surface area contributed by atoms with Crippen LogP contribution in [0.2, 0.25) is 0 Å². The summed E-state index contributed by atoms with van der Waals surface area (Å²) in [5.41, 5.74) is 1.58. The molecule has 1 aromatic carbocycles. The van der Waals surface area contributed by atoms with Crippen molar-refractivity contribution in [2.75, 3.05) is 5.75 Å². The molecule has 1 aromatic heterocycles. The Hall–Kier alpha value is -1.98. The molecule has 0 aliphatic rings. The molecule has 0 fully saturated rings. The van der Waals surface area contributed by atoms with Gasteiger partial charge in [-0.3, -0.25) is 0 Å². The molecule has 5 heteroatoms. The van der Waals surface area contributed by atoms with Crippen molar-refractivity contribution in [1.82, 2.24) is 4.98 Å². The van der Waals surface area contributed by atoms with Crippen molar-refractivity contribution in [3.63, 3.8) is 0 Å². The van der Waals surface area contributed by atoms with Crippen molar-refractivity contribution in [3.8, 4) is 12.1 Å². The molecule has 1 unspecified atom stereocenters. The van der Waals surface area contributed by atoms with Crippen LogP contribution in [-0.2, 0) is 0 Å². The van der Waals surface area contributed by atoms with Gasteiger partial charge in [-0.25, -0.2) is 4.98 Å². The molecule has 1 atom stereocenters. The van der Waals surface area contributed by atoms with Crippen molar-refractivity contribution < 1.29 is 4.42 Å². The molecule has 2 rings (SSSR count). The molecular weight excluding hydrogens is 246 g/mol. The lowest BCUT2D eigenvalue weighted by molar-refractivity contribution is 0.488. The van der Waals surface area contributed by atoms with E-state index in [-0.39, 0.29) is 5.92 Å². The van der Waals surface area contributed by atoms with Crippen molar-refractivity contribution in [2.45, 2.75) is 18.1 Å². The third kappa shape index (κ3) is 3.03. The van der Waals surface area contributed by atoms with E-state index >= 15 is 0 Å². The minimum atomic E-state index is -0.135. The Kier molecular flexibility index (Phi) is 4.22. The molecule has 0 N–H and O–H groups in total. The van der Waals surface area contributed by atoms with Gasteiger partial charge in [-0.2, -0.15) is 10.5 Å². The summed E-state index contributed by atoms with van der Waals surface area (Å²) in [4.78, 5) is 4.32. The third-order valence-corrected chi connectivity index (χ3v) is 3.46. The minimum absolute atomic E-state index is 0.135. The fourth-order valence-corrected chi connectivity index (χ4v) is 2.41. The van der Waals surface area contributed by atoms with Crippen LogP contribution in [0.15, 0.2) is 33.9 Å². The van der Waals surface area contributed by atoms with Gasteiger partial charge in [0, 0.05) is 12.2 Å². The number of aromatic nitrogens is 1. The number of thioether (sulfide) groups is 1. The van der Waals surface area contributed by atoms with Gasteiger partial charge in [0.05, 0.1) is 18.1 Å². The zero-order valence-electron chi connectivity index (χ0n) is 9.67. The van der Waals surface area contributed by atoms with E-state index in [2.05, 4.69) is 17.1 Å². The SMILES string of the molecule is N#CCCC(C#N)CSc1nc2ccccc2o1. The molecule has 2 aromatic rings. The Labute approximate surface area is 109 Å². The zero-order chi connectivity index (χ0) is 12.8. The fourth-order valence-electron chi connectivity index (χ4n) is 1.51. The first-order chi connectivity index (χ1) is 8.83. The van der Waals surface area contributed by atoms with Gasteiger partial charge in [0.2, 0.25) is 0 Å². The van der Waals surface area contributed by atoms with Crippen LogP contribution in [0, 0.1) is 28.6 Å². The molecule has 0 saturated heterocycles. The summed E-state index contributed by atoms with van der Waals surface area (Å²) in [7, 11) is 0. The summed E-state index contributed by atoms with van der Waals surface area (Å²) in [6.45, 7) is 0. The van der Waals surface area contributed by atoms with Crippen LogP contribution < -0.4 is 0 Å². The summed E-state index contributed by atoms with van der Waals surface area (Å²) in [6.07, 6.45) is 1.01. The van der Waals surface area contributed by atoms with Gasteiger partial charge in [-0.05, 0) is 18.6 Å². The van der Waals surface area contributed by atoms with Crippen LogP contribution >= 0.6 is 11.8 Å². The smallest absolute Gasteiger partial charge is 0.256 e. The predicted molar refractivity (Wildman–Crippen MR) is 68.7 cm³/mol. The Morgan fingerprint density at radius 2 is 2.17 bits per heavy atom. The van der Waals surface area contributed by atoms with Crippen molar-refractivity contribution in [2.24, 2.45) is 5.92 Å². The fraction of sp³-hybridized carbons (Fsp3) is 0.308. The highest BCUT2D eigenvalue weighted by molar-refractivity contribution is 7.99. The predicted octanol–water partition coefficient (Wildman–Crippen LogP) is 3.36. The Morgan fingerprint density at radius 3 is 2.89 bits per heavy atom. The average molecular weight is 257 g/mol. The first-order valence-corrected chi connectivity index (χ1v) is 6.57. The van der Waals surface area contributed by atoms with Gasteiger partial charge >= 0.3 is 0 Å². The molecule has 0 aliphatic carbocycles. The summed E-state index contributed by atoms with van der Waals surface area (Å²) in [5.74, 6) is 0.468. The second kappa shape index (κ2) is 6.09. The highest BCUT2D eigenvalue weighted by atomic mass is 32.2. The number of oxazole rings is 1. The number of hydrogen-bond donors (Lipinski definition) is 0. The average Bonchev–Trinajstić information content (AvgIpc) is 2.81. The van der Waals surface area contributed by atoms with E-state index in [0.717, 1.165) is 11.1 Å². The summed E-state index contributed by atoms with van der Waals surface area (Å²) < 4.78 is 5.54. The van der Waals surface area contributed by atoms with E-state index in [0.29, 0.717) is 23.8 Å². The third-order valence-electron chi connectivity index (χ3n) is 2.47. The number of hydrogen-bond acceptors (Lipinski definition) is 5. The quantitative estimate of drug-likeness (QED) is 0.768. The lowest BCUT2D eigenvalue weighted by atomic mass is 10.1. The lowest BCUT2D eigenvalue weighted by Gasteiger charge is -2.02. The van der Waals surface area contributed by atoms with Crippen molar-refractivity contribution in [1.29, 1.82) is 10.5 Å². The topological polar surface area (TPSA) is 73.6 Å². The number of nitrogens with zero attached hydrogens (tertiary/aromatic N) is 3. The van der Waals surface area contributed by atoms with Crippen LogP contribution in [0.25, 0.3) is 11.1 Å². The van der Waals surface area contributed by atoms with E-state index in [9.17, 15) is 0 Å². The van der Waals surface area contributed by atoms with Gasteiger partial charge in [0.1, 0.15) is 5.52 Å². The molecule has 4 nitrogen and oxygen atoms in total. The number of nitriles is 2. The summed E-state index contributed by atoms with van der Waals surface area (Å²) >= 11 is 1.42. The summed E-state index contributed by atoms with van der Waals surface area (Å²) in [5, 5.41) is 18.0. The van der Waals surface area contributed by atoms with Gasteiger partial charge in [-0.1, -0.05) is 23.9 Å². The van der Waals surface area contributed by atoms with Crippen LogP contribution in [0.3, 0.4) is 0 Å². The first-order valence-electron chi connectivity index (χ1n) is 5.58. The van der Waals surface area contributed by atoms with Gasteiger partial charge in [0.25, 0.3) is 5.22 Å². The van der Waals surface area contributed by atoms with Crippen molar-refractivity contribution >= 4 is 22.9 Å². The largest absolute Gasteiger partial charge is 0.431 e. The molecule has 1 heterocycles. The normalized spacial score (nSPS) is 11.9. The van der Waals surface area contributed by atoms with E-state index in [1.807, 2.05) is 24.3 Å². The van der Waals surface area contributed by atoms with Crippen LogP contribution in [0.5, 0.6) is 0 Å². The van der Waals surface area contributed by atoms with E-state index < -0.39 is 0 Å². The second-order valence-electron chi connectivity index (χ2n) is 3.78. The van der Waals surface area contributed by atoms with Gasteiger partial charge in [0.15, 0.2) is 5.58 Å². The number of para-hydroxylation sites is 2. The Morgan fingerprint density at radius 1 is 1.33 bits per heavy atom. The highest BCUT2D eigenvalue weighted by Gasteiger charge is 2.11. The van der Waals surface area contributed by atoms with Gasteiger partial charge < -0.3 is 4.42 Å². The molecule has 18 heavy (non-hydrogen) atoms. The maximum atomic E-state index is 8.95. The molecule has 0 spiro atoms. The van der Waals surface area contributed by atoms with Crippen LogP contribution in [0.4, 0.5) is 0 Å². The number of benzene rings is 1. The maximum absolute atomic E-state index is 8.95. The standard InChI is InChI=1S/C13H11N3OS/c14-7-3-4-10(8-15)9-18-13-16-11-5-1-2-6-12(11)17-13/h1-2,5-6,10H,3-4,9H2. The molecule has 90 valence electrons. The lowest BCUT2D eigenvalue weighted by Crippen LogP contribution is -1.99. The molecular formula is C13H11N3OS. The van der Waals surface area contributed by atoms with E-state index in [1.54, 1.807) is 0 Å². The van der Waals surface area contributed by atoms with Crippen LogP contribution in [-0.4, -0.2) is 10.7 Å². The minimum Gasteiger partial charge on any atom is -0.431 e. The van der Waals surface area contributed by atoms with Crippen molar-refractivity contribution in [3.05, 3.63) is 24.3 Å². The second-order valence-corrected chi connectivity index (χ2v) is 4.75. The molecule has 0 aliphatic heterocycles. The molecule has 0 bridgehead atoms. The first kappa shape index (κ1) is 12.5. The number of rotatable bonds is 5. The van der Waals surface area contributed by atoms with E-state index in [1.165, 1.54) is 11.8 Å². The maximum Gasteiger partial charge on any atom is 0.256 e. The Bertz CT molecular complexity index is 575. The Balaban J connectivity index is 1.97. The monoisotopic (exact) mass is 257 g/mol. The number of fused-ring (bicyclic) bond motifs is 1. The molecule has 0 saturated carbocycles. The zero-order valence-corrected chi connectivity index (χ0v) is 10.5. The highest BCUT2D eigenvalue weighted by Crippen LogP contribution is 2.25. The van der Waals surface area contributed by atoms with Crippen LogP contribution in [0.1, 0.15) is 12.8 Å². The van der Waals surface area contributed by atoms with Gasteiger partial charge in [-0.15, -0.1) is 0 Å². The summed E-state index contributed by atoms with van der Waals surface area (Å²) in [6, 6.07) is 11.8.